The largest absolute Gasteiger partial charge is 0.507 e. The zero-order chi connectivity index (χ0) is 23.1. The molecule has 0 aliphatic rings. The summed E-state index contributed by atoms with van der Waals surface area (Å²) in [5.41, 5.74) is 2.03. The van der Waals surface area contributed by atoms with Crippen LogP contribution in [0.4, 0.5) is 5.69 Å². The molecular formula is C25H24N2O5. The van der Waals surface area contributed by atoms with Crippen molar-refractivity contribution in [2.45, 2.75) is 19.9 Å². The molecule has 0 aliphatic carbocycles. The quantitative estimate of drug-likeness (QED) is 0.490. The molecule has 7 nitrogen and oxygen atoms in total. The van der Waals surface area contributed by atoms with Gasteiger partial charge < -0.3 is 20.5 Å². The number of rotatable bonds is 7. The highest BCUT2D eigenvalue weighted by Crippen LogP contribution is 2.22. The van der Waals surface area contributed by atoms with Crippen molar-refractivity contribution in [2.75, 3.05) is 11.9 Å². The first-order chi connectivity index (χ1) is 15.4. The summed E-state index contributed by atoms with van der Waals surface area (Å²) in [5, 5.41) is 15.5. The summed E-state index contributed by atoms with van der Waals surface area (Å²) in [6.45, 7) is 2.95. The number of phenols is 1. The van der Waals surface area contributed by atoms with E-state index < -0.39 is 18.5 Å². The lowest BCUT2D eigenvalue weighted by molar-refractivity contribution is -0.119. The molecule has 0 saturated heterocycles. The second kappa shape index (κ2) is 10.3. The van der Waals surface area contributed by atoms with Crippen LogP contribution in [0.1, 0.15) is 44.8 Å². The number of para-hydroxylation sites is 2. The monoisotopic (exact) mass is 432 g/mol. The van der Waals surface area contributed by atoms with Crippen LogP contribution in [0.2, 0.25) is 0 Å². The lowest BCUT2D eigenvalue weighted by Crippen LogP contribution is -2.28. The average molecular weight is 432 g/mol. The van der Waals surface area contributed by atoms with Crippen LogP contribution >= 0.6 is 0 Å². The Morgan fingerprint density at radius 3 is 2.31 bits per heavy atom. The van der Waals surface area contributed by atoms with E-state index >= 15 is 0 Å². The van der Waals surface area contributed by atoms with Crippen LogP contribution < -0.4 is 10.6 Å². The van der Waals surface area contributed by atoms with Crippen LogP contribution in [0.15, 0.2) is 72.8 Å². The standard InChI is InChI=1S/C25H24N2O5/c1-16-9-8-13-20(23(16)29)25(31)32-15-22(28)27-21-14-7-6-12-19(21)24(30)26-17(2)18-10-4-3-5-11-18/h3-14,17,29H,15H2,1-2H3,(H,26,30)(H,27,28). The average Bonchev–Trinajstić information content (AvgIpc) is 2.80. The molecule has 0 aliphatic heterocycles. The Morgan fingerprint density at radius 1 is 0.906 bits per heavy atom. The second-order valence-corrected chi connectivity index (χ2v) is 7.25. The minimum Gasteiger partial charge on any atom is -0.507 e. The van der Waals surface area contributed by atoms with E-state index in [0.29, 0.717) is 11.3 Å². The topological polar surface area (TPSA) is 105 Å². The van der Waals surface area contributed by atoms with Crippen LogP contribution in [0.3, 0.4) is 0 Å². The maximum Gasteiger partial charge on any atom is 0.342 e. The van der Waals surface area contributed by atoms with Gasteiger partial charge in [-0.05, 0) is 43.2 Å². The van der Waals surface area contributed by atoms with Gasteiger partial charge in [0, 0.05) is 0 Å². The van der Waals surface area contributed by atoms with E-state index in [-0.39, 0.29) is 28.8 Å². The zero-order valence-electron chi connectivity index (χ0n) is 17.8. The van der Waals surface area contributed by atoms with Crippen molar-refractivity contribution >= 4 is 23.5 Å². The van der Waals surface area contributed by atoms with E-state index in [1.165, 1.54) is 6.07 Å². The van der Waals surface area contributed by atoms with Crippen molar-refractivity contribution < 1.29 is 24.2 Å². The molecule has 164 valence electrons. The van der Waals surface area contributed by atoms with E-state index in [9.17, 15) is 19.5 Å². The van der Waals surface area contributed by atoms with Gasteiger partial charge in [-0.1, -0.05) is 54.6 Å². The van der Waals surface area contributed by atoms with Gasteiger partial charge in [0.15, 0.2) is 6.61 Å². The summed E-state index contributed by atoms with van der Waals surface area (Å²) in [7, 11) is 0. The fraction of sp³-hybridized carbons (Fsp3) is 0.160. The first-order valence-corrected chi connectivity index (χ1v) is 10.1. The van der Waals surface area contributed by atoms with Gasteiger partial charge in [-0.3, -0.25) is 9.59 Å². The predicted molar refractivity (Wildman–Crippen MR) is 121 cm³/mol. The Balaban J connectivity index is 1.63. The van der Waals surface area contributed by atoms with Crippen LogP contribution in [0, 0.1) is 6.92 Å². The first kappa shape index (κ1) is 22.6. The Kier molecular flexibility index (Phi) is 7.23. The van der Waals surface area contributed by atoms with Crippen molar-refractivity contribution in [3.05, 3.63) is 95.1 Å². The summed E-state index contributed by atoms with van der Waals surface area (Å²) >= 11 is 0. The van der Waals surface area contributed by atoms with Gasteiger partial charge in [-0.25, -0.2) is 4.79 Å². The van der Waals surface area contributed by atoms with E-state index in [4.69, 9.17) is 4.74 Å². The van der Waals surface area contributed by atoms with Crippen LogP contribution in [-0.2, 0) is 9.53 Å². The predicted octanol–water partition coefficient (Wildman–Crippen LogP) is 3.99. The number of carbonyl (C=O) groups excluding carboxylic acids is 3. The van der Waals surface area contributed by atoms with Gasteiger partial charge in [-0.2, -0.15) is 0 Å². The molecule has 3 N–H and O–H groups in total. The highest BCUT2D eigenvalue weighted by molar-refractivity contribution is 6.04. The fourth-order valence-corrected chi connectivity index (χ4v) is 3.11. The van der Waals surface area contributed by atoms with Gasteiger partial charge >= 0.3 is 5.97 Å². The molecule has 3 rings (SSSR count). The number of anilines is 1. The third kappa shape index (κ3) is 5.51. The fourth-order valence-electron chi connectivity index (χ4n) is 3.11. The molecule has 0 bridgehead atoms. The molecule has 1 atom stereocenters. The molecule has 1 unspecified atom stereocenters. The van der Waals surface area contributed by atoms with E-state index in [0.717, 1.165) is 5.56 Å². The SMILES string of the molecule is Cc1cccc(C(=O)OCC(=O)Nc2ccccc2C(=O)NC(C)c2ccccc2)c1O. The number of amides is 2. The number of nitrogens with one attached hydrogen (secondary N) is 2. The summed E-state index contributed by atoms with van der Waals surface area (Å²) in [4.78, 5) is 37.3. The first-order valence-electron chi connectivity index (χ1n) is 10.1. The molecule has 3 aromatic carbocycles. The number of carbonyl (C=O) groups is 3. The lowest BCUT2D eigenvalue weighted by atomic mass is 10.1. The van der Waals surface area contributed by atoms with E-state index in [1.54, 1.807) is 43.3 Å². The number of aromatic hydroxyl groups is 1. The summed E-state index contributed by atoms with van der Waals surface area (Å²) in [6.07, 6.45) is 0. The van der Waals surface area contributed by atoms with E-state index in [2.05, 4.69) is 10.6 Å². The van der Waals surface area contributed by atoms with Crippen LogP contribution in [0.25, 0.3) is 0 Å². The number of aryl methyl sites for hydroxylation is 1. The van der Waals surface area contributed by atoms with Crippen molar-refractivity contribution in [3.63, 3.8) is 0 Å². The summed E-state index contributed by atoms with van der Waals surface area (Å²) in [5.74, 6) is -1.96. The molecule has 0 fully saturated rings. The third-order valence-corrected chi connectivity index (χ3v) is 4.88. The third-order valence-electron chi connectivity index (χ3n) is 4.88. The normalized spacial score (nSPS) is 11.3. The van der Waals surface area contributed by atoms with Gasteiger partial charge in [0.1, 0.15) is 11.3 Å². The molecule has 3 aromatic rings. The molecule has 0 spiro atoms. The van der Waals surface area contributed by atoms with Crippen LogP contribution in [0.5, 0.6) is 5.75 Å². The van der Waals surface area contributed by atoms with Crippen molar-refractivity contribution in [2.24, 2.45) is 0 Å². The zero-order valence-corrected chi connectivity index (χ0v) is 17.8. The van der Waals surface area contributed by atoms with E-state index in [1.807, 2.05) is 37.3 Å². The summed E-state index contributed by atoms with van der Waals surface area (Å²) < 4.78 is 5.01. The molecule has 0 heterocycles. The number of phenolic OH excluding ortho intramolecular Hbond substituents is 1. The summed E-state index contributed by atoms with van der Waals surface area (Å²) in [6, 6.07) is 20.5. The molecule has 2 amide bonds. The molecule has 0 aromatic heterocycles. The Morgan fingerprint density at radius 2 is 1.56 bits per heavy atom. The van der Waals surface area contributed by atoms with Gasteiger partial charge in [0.05, 0.1) is 17.3 Å². The number of ether oxygens (including phenoxy) is 1. The van der Waals surface area contributed by atoms with Crippen molar-refractivity contribution in [1.82, 2.24) is 5.32 Å². The van der Waals surface area contributed by atoms with Gasteiger partial charge in [-0.15, -0.1) is 0 Å². The Bertz CT molecular complexity index is 1130. The number of hydrogen-bond acceptors (Lipinski definition) is 5. The minimum absolute atomic E-state index is 0.0209. The maximum atomic E-state index is 12.8. The number of esters is 1. The van der Waals surface area contributed by atoms with Crippen molar-refractivity contribution in [1.29, 1.82) is 0 Å². The van der Waals surface area contributed by atoms with Crippen molar-refractivity contribution in [3.8, 4) is 5.75 Å². The molecular weight excluding hydrogens is 408 g/mol. The van der Waals surface area contributed by atoms with Gasteiger partial charge in [0.25, 0.3) is 11.8 Å². The van der Waals surface area contributed by atoms with Gasteiger partial charge in [0.2, 0.25) is 0 Å². The second-order valence-electron chi connectivity index (χ2n) is 7.25. The highest BCUT2D eigenvalue weighted by Gasteiger charge is 2.18. The number of benzene rings is 3. The lowest BCUT2D eigenvalue weighted by Gasteiger charge is -2.16. The Labute approximate surface area is 186 Å². The number of hydrogen-bond donors (Lipinski definition) is 3. The minimum atomic E-state index is -0.816. The highest BCUT2D eigenvalue weighted by atomic mass is 16.5. The Hall–Kier alpha value is -4.13. The molecule has 7 heteroatoms. The maximum absolute atomic E-state index is 12.8. The smallest absolute Gasteiger partial charge is 0.342 e. The molecule has 32 heavy (non-hydrogen) atoms. The molecule has 0 saturated carbocycles. The molecule has 0 radical (unpaired) electrons. The van der Waals surface area contributed by atoms with Crippen LogP contribution in [-0.4, -0.2) is 29.5 Å².